The summed E-state index contributed by atoms with van der Waals surface area (Å²) in [6.07, 6.45) is 0.899. The van der Waals surface area contributed by atoms with Crippen molar-refractivity contribution >= 4 is 11.6 Å². The highest BCUT2D eigenvalue weighted by atomic mass is 35.5. The maximum absolute atomic E-state index is 6.13. The molecule has 2 aromatic carbocycles. The SMILES string of the molecule is CCNCc1ccc(Oc2ccc(Cl)c(CC)c2)cc1C. The van der Waals surface area contributed by atoms with Crippen LogP contribution >= 0.6 is 11.6 Å². The zero-order valence-electron chi connectivity index (χ0n) is 12.9. The van der Waals surface area contributed by atoms with Crippen LogP contribution in [0.25, 0.3) is 0 Å². The minimum Gasteiger partial charge on any atom is -0.457 e. The summed E-state index contributed by atoms with van der Waals surface area (Å²) in [5.74, 6) is 1.69. The molecule has 0 aromatic heterocycles. The maximum atomic E-state index is 6.13. The smallest absolute Gasteiger partial charge is 0.127 e. The van der Waals surface area contributed by atoms with E-state index in [0.29, 0.717) is 0 Å². The third-order valence-electron chi connectivity index (χ3n) is 3.51. The molecule has 2 nitrogen and oxygen atoms in total. The first-order valence-corrected chi connectivity index (χ1v) is 7.78. The predicted octanol–water partition coefficient (Wildman–Crippen LogP) is 5.11. The van der Waals surface area contributed by atoms with E-state index in [1.165, 1.54) is 11.1 Å². The highest BCUT2D eigenvalue weighted by Gasteiger charge is 2.04. The molecular weight excluding hydrogens is 282 g/mol. The number of benzene rings is 2. The number of hydrogen-bond acceptors (Lipinski definition) is 2. The molecule has 0 unspecified atom stereocenters. The van der Waals surface area contributed by atoms with Crippen molar-refractivity contribution in [3.8, 4) is 11.5 Å². The Morgan fingerprint density at radius 1 is 1.00 bits per heavy atom. The average molecular weight is 304 g/mol. The van der Waals surface area contributed by atoms with Gasteiger partial charge in [0, 0.05) is 11.6 Å². The Hall–Kier alpha value is -1.51. The van der Waals surface area contributed by atoms with Gasteiger partial charge >= 0.3 is 0 Å². The van der Waals surface area contributed by atoms with Crippen LogP contribution in [0.3, 0.4) is 0 Å². The van der Waals surface area contributed by atoms with Gasteiger partial charge in [0.25, 0.3) is 0 Å². The standard InChI is InChI=1S/C18H22ClNO/c1-4-14-11-17(8-9-18(14)19)21-16-7-6-15(12-20-5-2)13(3)10-16/h6-11,20H,4-5,12H2,1-3H3. The van der Waals surface area contributed by atoms with Crippen molar-refractivity contribution in [2.24, 2.45) is 0 Å². The van der Waals surface area contributed by atoms with Crippen molar-refractivity contribution < 1.29 is 4.74 Å². The van der Waals surface area contributed by atoms with Gasteiger partial charge in [-0.15, -0.1) is 0 Å². The first kappa shape index (κ1) is 15.9. The van der Waals surface area contributed by atoms with Crippen molar-refractivity contribution in [2.75, 3.05) is 6.54 Å². The zero-order valence-corrected chi connectivity index (χ0v) is 13.6. The number of ether oxygens (including phenoxy) is 1. The van der Waals surface area contributed by atoms with Crippen LogP contribution in [0.1, 0.15) is 30.5 Å². The molecule has 0 aliphatic heterocycles. The van der Waals surface area contributed by atoms with Crippen molar-refractivity contribution in [3.05, 3.63) is 58.1 Å². The van der Waals surface area contributed by atoms with Crippen LogP contribution in [0, 0.1) is 6.92 Å². The Kier molecular flexibility index (Phi) is 5.66. The Morgan fingerprint density at radius 3 is 2.38 bits per heavy atom. The second-order valence-corrected chi connectivity index (χ2v) is 5.48. The maximum Gasteiger partial charge on any atom is 0.127 e. The van der Waals surface area contributed by atoms with E-state index in [9.17, 15) is 0 Å². The van der Waals surface area contributed by atoms with Crippen LogP contribution in [0.2, 0.25) is 5.02 Å². The molecule has 0 aliphatic carbocycles. The average Bonchev–Trinajstić information content (AvgIpc) is 2.48. The fourth-order valence-corrected chi connectivity index (χ4v) is 2.46. The van der Waals surface area contributed by atoms with Gasteiger partial charge in [-0.2, -0.15) is 0 Å². The summed E-state index contributed by atoms with van der Waals surface area (Å²) in [6.45, 7) is 8.17. The van der Waals surface area contributed by atoms with Crippen LogP contribution in [-0.2, 0) is 13.0 Å². The third-order valence-corrected chi connectivity index (χ3v) is 3.88. The highest BCUT2D eigenvalue weighted by Crippen LogP contribution is 2.28. The van der Waals surface area contributed by atoms with Gasteiger partial charge in [-0.1, -0.05) is 31.5 Å². The molecule has 0 atom stereocenters. The molecule has 0 radical (unpaired) electrons. The molecule has 0 saturated heterocycles. The molecular formula is C18H22ClNO. The van der Waals surface area contributed by atoms with Crippen LogP contribution < -0.4 is 10.1 Å². The summed E-state index contributed by atoms with van der Waals surface area (Å²) in [5, 5.41) is 4.13. The first-order chi connectivity index (χ1) is 10.1. The van der Waals surface area contributed by atoms with Gasteiger partial charge in [0.15, 0.2) is 0 Å². The van der Waals surface area contributed by atoms with E-state index in [2.05, 4.69) is 38.2 Å². The molecule has 0 spiro atoms. The molecule has 3 heteroatoms. The summed E-state index contributed by atoms with van der Waals surface area (Å²) in [7, 11) is 0. The number of halogens is 1. The molecule has 0 saturated carbocycles. The van der Waals surface area contributed by atoms with Crippen molar-refractivity contribution in [1.29, 1.82) is 0 Å². The number of nitrogens with one attached hydrogen (secondary N) is 1. The first-order valence-electron chi connectivity index (χ1n) is 7.40. The molecule has 0 aliphatic rings. The van der Waals surface area contributed by atoms with Gasteiger partial charge in [0.1, 0.15) is 11.5 Å². The lowest BCUT2D eigenvalue weighted by molar-refractivity contribution is 0.481. The van der Waals surface area contributed by atoms with Gasteiger partial charge in [-0.25, -0.2) is 0 Å². The predicted molar refractivity (Wildman–Crippen MR) is 89.5 cm³/mol. The minimum absolute atomic E-state index is 0.794. The fraction of sp³-hybridized carbons (Fsp3) is 0.333. The molecule has 2 aromatic rings. The number of rotatable bonds is 6. The summed E-state index contributed by atoms with van der Waals surface area (Å²) >= 11 is 6.13. The molecule has 0 amide bonds. The topological polar surface area (TPSA) is 21.3 Å². The van der Waals surface area contributed by atoms with Gasteiger partial charge in [-0.3, -0.25) is 0 Å². The molecule has 112 valence electrons. The van der Waals surface area contributed by atoms with E-state index in [4.69, 9.17) is 16.3 Å². The largest absolute Gasteiger partial charge is 0.457 e. The molecule has 0 fully saturated rings. The van der Waals surface area contributed by atoms with Crippen LogP contribution in [-0.4, -0.2) is 6.54 Å². The van der Waals surface area contributed by atoms with Crippen molar-refractivity contribution in [3.63, 3.8) is 0 Å². The second kappa shape index (κ2) is 7.48. The molecule has 0 bridgehead atoms. The van der Waals surface area contributed by atoms with E-state index in [-0.39, 0.29) is 0 Å². The molecule has 0 heterocycles. The molecule has 2 rings (SSSR count). The van der Waals surface area contributed by atoms with Gasteiger partial charge < -0.3 is 10.1 Å². The molecule has 21 heavy (non-hydrogen) atoms. The number of hydrogen-bond donors (Lipinski definition) is 1. The lowest BCUT2D eigenvalue weighted by atomic mass is 10.1. The Bertz CT molecular complexity index is 610. The summed E-state index contributed by atoms with van der Waals surface area (Å²) in [6, 6.07) is 12.0. The van der Waals surface area contributed by atoms with E-state index in [1.807, 2.05) is 24.3 Å². The van der Waals surface area contributed by atoms with Crippen molar-refractivity contribution in [2.45, 2.75) is 33.7 Å². The Morgan fingerprint density at radius 2 is 1.71 bits per heavy atom. The Labute approximate surface area is 132 Å². The Balaban J connectivity index is 2.14. The fourth-order valence-electron chi connectivity index (χ4n) is 2.21. The monoisotopic (exact) mass is 303 g/mol. The van der Waals surface area contributed by atoms with E-state index >= 15 is 0 Å². The quantitative estimate of drug-likeness (QED) is 0.800. The third kappa shape index (κ3) is 4.23. The van der Waals surface area contributed by atoms with Crippen LogP contribution in [0.4, 0.5) is 0 Å². The van der Waals surface area contributed by atoms with Crippen LogP contribution in [0.5, 0.6) is 11.5 Å². The van der Waals surface area contributed by atoms with Gasteiger partial charge in [0.2, 0.25) is 0 Å². The minimum atomic E-state index is 0.794. The summed E-state index contributed by atoms with van der Waals surface area (Å²) in [5.41, 5.74) is 3.64. The second-order valence-electron chi connectivity index (χ2n) is 5.08. The summed E-state index contributed by atoms with van der Waals surface area (Å²) in [4.78, 5) is 0. The van der Waals surface area contributed by atoms with Gasteiger partial charge in [-0.05, 0) is 66.9 Å². The lowest BCUT2D eigenvalue weighted by Gasteiger charge is -2.11. The number of aryl methyl sites for hydroxylation is 2. The van der Waals surface area contributed by atoms with E-state index < -0.39 is 0 Å². The van der Waals surface area contributed by atoms with Gasteiger partial charge in [0.05, 0.1) is 0 Å². The van der Waals surface area contributed by atoms with Crippen LogP contribution in [0.15, 0.2) is 36.4 Å². The van der Waals surface area contributed by atoms with E-state index in [0.717, 1.165) is 41.6 Å². The normalized spacial score (nSPS) is 10.7. The molecule has 1 N–H and O–H groups in total. The highest BCUT2D eigenvalue weighted by molar-refractivity contribution is 6.31. The summed E-state index contributed by atoms with van der Waals surface area (Å²) < 4.78 is 5.94. The lowest BCUT2D eigenvalue weighted by Crippen LogP contribution is -2.12. The van der Waals surface area contributed by atoms with Crippen molar-refractivity contribution in [1.82, 2.24) is 5.32 Å². The zero-order chi connectivity index (χ0) is 15.2. The van der Waals surface area contributed by atoms with E-state index in [1.54, 1.807) is 0 Å².